The normalized spacial score (nSPS) is 22.2. The summed E-state index contributed by atoms with van der Waals surface area (Å²) in [5.41, 5.74) is 12.1. The average Bonchev–Trinajstić information content (AvgIpc) is 2.52. The van der Waals surface area contributed by atoms with Crippen LogP contribution in [-0.4, -0.2) is 12.9 Å². The first-order valence-electron chi connectivity index (χ1n) is 6.88. The van der Waals surface area contributed by atoms with Gasteiger partial charge in [-0.3, -0.25) is 4.99 Å². The lowest BCUT2D eigenvalue weighted by Crippen LogP contribution is -2.29. The summed E-state index contributed by atoms with van der Waals surface area (Å²) in [6, 6.07) is 6.42. The molecule has 1 aliphatic heterocycles. The molecule has 1 aliphatic rings. The van der Waals surface area contributed by atoms with E-state index in [2.05, 4.69) is 4.99 Å². The Morgan fingerprint density at radius 1 is 1.29 bits per heavy atom. The van der Waals surface area contributed by atoms with Crippen LogP contribution in [0.4, 0.5) is 13.2 Å². The third kappa shape index (κ3) is 3.06. The number of rotatable bonds is 1. The van der Waals surface area contributed by atoms with Gasteiger partial charge in [-0.25, -0.2) is 0 Å². The van der Waals surface area contributed by atoms with Crippen LogP contribution in [0.3, 0.4) is 0 Å². The van der Waals surface area contributed by atoms with Gasteiger partial charge in [0.2, 0.25) is 11.8 Å². The minimum absolute atomic E-state index is 0.0713. The van der Waals surface area contributed by atoms with E-state index >= 15 is 0 Å². The van der Waals surface area contributed by atoms with Gasteiger partial charge in [0.05, 0.1) is 11.5 Å². The maximum Gasteiger partial charge on any atom is 0.416 e. The molecule has 0 spiro atoms. The van der Waals surface area contributed by atoms with Gasteiger partial charge in [0.15, 0.2) is 0 Å². The van der Waals surface area contributed by atoms with E-state index in [1.165, 1.54) is 19.2 Å². The zero-order chi connectivity index (χ0) is 18.1. The third-order valence-corrected chi connectivity index (χ3v) is 3.60. The number of allylic oxidation sites excluding steroid dienone is 2. The molecule has 0 saturated heterocycles. The van der Waals surface area contributed by atoms with Gasteiger partial charge in [0.25, 0.3) is 0 Å². The molecule has 0 radical (unpaired) electrons. The molecule has 0 bridgehead atoms. The number of hydrogen-bond donors (Lipinski definition) is 2. The van der Waals surface area contributed by atoms with Crippen LogP contribution >= 0.6 is 0 Å². The lowest BCUT2D eigenvalue weighted by molar-refractivity contribution is -0.137. The summed E-state index contributed by atoms with van der Waals surface area (Å²) in [6.07, 6.45) is -4.44. The van der Waals surface area contributed by atoms with Crippen molar-refractivity contribution in [3.05, 3.63) is 58.1 Å². The molecule has 1 heterocycles. The Morgan fingerprint density at radius 3 is 2.29 bits per heavy atom. The molecule has 5 nitrogen and oxygen atoms in total. The van der Waals surface area contributed by atoms with E-state index in [-0.39, 0.29) is 17.4 Å². The zero-order valence-electron chi connectivity index (χ0n) is 13.0. The van der Waals surface area contributed by atoms with Crippen LogP contribution in [0.25, 0.3) is 0 Å². The summed E-state index contributed by atoms with van der Waals surface area (Å²) in [4.78, 5) is 3.95. The van der Waals surface area contributed by atoms with Crippen molar-refractivity contribution in [1.29, 1.82) is 5.26 Å². The number of aliphatic imine (C=N–C) groups is 1. The lowest BCUT2D eigenvalue weighted by Gasteiger charge is -2.28. The third-order valence-electron chi connectivity index (χ3n) is 3.60. The summed E-state index contributed by atoms with van der Waals surface area (Å²) in [6.45, 7) is 1.59. The molecule has 1 aromatic rings. The smallest absolute Gasteiger partial charge is 0.416 e. The van der Waals surface area contributed by atoms with Crippen molar-refractivity contribution in [1.82, 2.24) is 0 Å². The van der Waals surface area contributed by atoms with Gasteiger partial charge in [-0.05, 0) is 24.6 Å². The molecule has 1 unspecified atom stereocenters. The highest BCUT2D eigenvalue weighted by molar-refractivity contribution is 5.98. The number of nitrogens with zero attached hydrogens (tertiary/aromatic N) is 2. The molecule has 126 valence electrons. The van der Waals surface area contributed by atoms with E-state index in [0.29, 0.717) is 16.8 Å². The molecular weight excluding hydrogens is 321 g/mol. The van der Waals surface area contributed by atoms with Crippen molar-refractivity contribution >= 4 is 5.90 Å². The number of alkyl halides is 3. The van der Waals surface area contributed by atoms with Crippen LogP contribution < -0.4 is 11.5 Å². The maximum atomic E-state index is 12.7. The number of halogens is 3. The van der Waals surface area contributed by atoms with E-state index in [4.69, 9.17) is 16.2 Å². The van der Waals surface area contributed by atoms with E-state index < -0.39 is 17.7 Å². The van der Waals surface area contributed by atoms with Gasteiger partial charge >= 0.3 is 6.18 Å². The van der Waals surface area contributed by atoms with Gasteiger partial charge in [0, 0.05) is 18.3 Å². The predicted molar refractivity (Wildman–Crippen MR) is 82.3 cm³/mol. The minimum Gasteiger partial charge on any atom is -0.422 e. The van der Waals surface area contributed by atoms with Crippen LogP contribution in [0.2, 0.25) is 0 Å². The number of nitrogens with two attached hydrogens (primary N) is 2. The second-order valence-corrected chi connectivity index (χ2v) is 5.17. The topological polar surface area (TPSA) is 97.4 Å². The second-order valence-electron chi connectivity index (χ2n) is 5.17. The first-order chi connectivity index (χ1) is 11.2. The monoisotopic (exact) mass is 336 g/mol. The standard InChI is InChI=1S/C16H15F3N4O/c1-8(21)12-13(11(7-20)14(22)24-15(12)23-2)9-3-5-10(6-4-9)16(17,18)19/h3-6,13H,21-22H2,1-2H3. The Bertz CT molecular complexity index is 779. The van der Waals surface area contributed by atoms with Crippen LogP contribution in [-0.2, 0) is 10.9 Å². The van der Waals surface area contributed by atoms with Crippen molar-refractivity contribution in [2.24, 2.45) is 16.5 Å². The molecule has 2 rings (SSSR count). The molecule has 1 aromatic carbocycles. The number of nitriles is 1. The number of hydrogen-bond acceptors (Lipinski definition) is 5. The molecule has 4 N–H and O–H groups in total. The average molecular weight is 336 g/mol. The zero-order valence-corrected chi connectivity index (χ0v) is 13.0. The largest absolute Gasteiger partial charge is 0.422 e. The second kappa shape index (κ2) is 6.28. The molecule has 0 saturated carbocycles. The molecule has 0 aromatic heterocycles. The Morgan fingerprint density at radius 2 is 1.88 bits per heavy atom. The highest BCUT2D eigenvalue weighted by atomic mass is 19.4. The summed E-state index contributed by atoms with van der Waals surface area (Å²) >= 11 is 0. The lowest BCUT2D eigenvalue weighted by atomic mass is 9.82. The van der Waals surface area contributed by atoms with Crippen molar-refractivity contribution in [2.45, 2.75) is 19.0 Å². The summed E-state index contributed by atoms with van der Waals surface area (Å²) in [7, 11) is 1.47. The first-order valence-corrected chi connectivity index (χ1v) is 6.88. The molecule has 1 atom stereocenters. The molecular formula is C16H15F3N4O. The maximum absolute atomic E-state index is 12.7. The Hall–Kier alpha value is -2.95. The molecule has 0 fully saturated rings. The Balaban J connectivity index is 2.65. The predicted octanol–water partition coefficient (Wildman–Crippen LogP) is 2.77. The molecule has 0 amide bonds. The van der Waals surface area contributed by atoms with Gasteiger partial charge in [-0.1, -0.05) is 12.1 Å². The van der Waals surface area contributed by atoms with Crippen LogP contribution in [0, 0.1) is 11.3 Å². The van der Waals surface area contributed by atoms with Gasteiger partial charge in [-0.15, -0.1) is 0 Å². The molecule has 0 aliphatic carbocycles. The van der Waals surface area contributed by atoms with E-state index in [1.807, 2.05) is 6.07 Å². The number of benzene rings is 1. The van der Waals surface area contributed by atoms with Gasteiger partial charge in [-0.2, -0.15) is 18.4 Å². The van der Waals surface area contributed by atoms with Crippen LogP contribution in [0.5, 0.6) is 0 Å². The summed E-state index contributed by atoms with van der Waals surface area (Å²) < 4.78 is 43.5. The fraction of sp³-hybridized carbons (Fsp3) is 0.250. The van der Waals surface area contributed by atoms with Crippen molar-refractivity contribution in [2.75, 3.05) is 7.05 Å². The highest BCUT2D eigenvalue weighted by Crippen LogP contribution is 2.39. The molecule has 24 heavy (non-hydrogen) atoms. The minimum atomic E-state index is -4.44. The Labute approximate surface area is 136 Å². The summed E-state index contributed by atoms with van der Waals surface area (Å²) in [5, 5.41) is 9.38. The fourth-order valence-electron chi connectivity index (χ4n) is 2.50. The van der Waals surface area contributed by atoms with E-state index in [9.17, 15) is 18.4 Å². The van der Waals surface area contributed by atoms with Crippen molar-refractivity contribution in [3.8, 4) is 6.07 Å². The summed E-state index contributed by atoms with van der Waals surface area (Å²) in [5.74, 6) is -0.751. The van der Waals surface area contributed by atoms with Crippen molar-refractivity contribution in [3.63, 3.8) is 0 Å². The SMILES string of the molecule is CN=C1OC(N)=C(C#N)C(c2ccc(C(F)(F)F)cc2)C1=C(C)N. The quantitative estimate of drug-likeness (QED) is 0.824. The first kappa shape index (κ1) is 17.4. The van der Waals surface area contributed by atoms with Crippen LogP contribution in [0.15, 0.2) is 52.0 Å². The number of ether oxygens (including phenoxy) is 1. The highest BCUT2D eigenvalue weighted by Gasteiger charge is 2.36. The van der Waals surface area contributed by atoms with Crippen molar-refractivity contribution < 1.29 is 17.9 Å². The van der Waals surface area contributed by atoms with Gasteiger partial charge < -0.3 is 16.2 Å². The van der Waals surface area contributed by atoms with Crippen LogP contribution in [0.1, 0.15) is 24.0 Å². The van der Waals surface area contributed by atoms with E-state index in [1.54, 1.807) is 6.92 Å². The van der Waals surface area contributed by atoms with Gasteiger partial charge in [0.1, 0.15) is 11.6 Å². The fourth-order valence-corrected chi connectivity index (χ4v) is 2.50. The Kier molecular flexibility index (Phi) is 4.55. The van der Waals surface area contributed by atoms with E-state index in [0.717, 1.165) is 12.1 Å². The molecule has 8 heteroatoms.